The molecule has 0 aliphatic heterocycles. The normalized spacial score (nSPS) is 13.7. The molecule has 4 heteroatoms. The summed E-state index contributed by atoms with van der Waals surface area (Å²) in [4.78, 5) is 0.743. The van der Waals surface area contributed by atoms with Gasteiger partial charge >= 0.3 is 0 Å². The third kappa shape index (κ3) is 3.93. The average Bonchev–Trinajstić information content (AvgIpc) is 2.53. The van der Waals surface area contributed by atoms with Crippen molar-refractivity contribution in [2.75, 3.05) is 19.9 Å². The summed E-state index contributed by atoms with van der Waals surface area (Å²) >= 11 is 0. The molecule has 0 heterocycles. The summed E-state index contributed by atoms with van der Waals surface area (Å²) in [5.74, 6) is 1.19. The highest BCUT2D eigenvalue weighted by Gasteiger charge is 2.17. The molecule has 1 N–H and O–H groups in total. The first-order chi connectivity index (χ1) is 10.2. The fourth-order valence-electron chi connectivity index (χ4n) is 2.19. The van der Waals surface area contributed by atoms with Crippen molar-refractivity contribution in [2.24, 2.45) is 0 Å². The SMILES string of the molecule is CNC(CS(=O)c1ccccc1OC)c1ccc(C)cc1. The molecule has 0 fully saturated rings. The third-order valence-corrected chi connectivity index (χ3v) is 4.92. The maximum absolute atomic E-state index is 12.6. The minimum atomic E-state index is -1.12. The molecule has 3 nitrogen and oxygen atoms in total. The van der Waals surface area contributed by atoms with Crippen LogP contribution in [-0.2, 0) is 10.8 Å². The van der Waals surface area contributed by atoms with Crippen LogP contribution in [0.25, 0.3) is 0 Å². The van der Waals surface area contributed by atoms with Crippen LogP contribution in [0.2, 0.25) is 0 Å². The van der Waals surface area contributed by atoms with Crippen molar-refractivity contribution in [3.05, 3.63) is 59.7 Å². The number of hydrogen-bond donors (Lipinski definition) is 1. The largest absolute Gasteiger partial charge is 0.495 e. The summed E-state index contributed by atoms with van der Waals surface area (Å²) < 4.78 is 17.9. The smallest absolute Gasteiger partial charge is 0.134 e. The van der Waals surface area contributed by atoms with Gasteiger partial charge in [-0.05, 0) is 31.7 Å². The Morgan fingerprint density at radius 3 is 2.43 bits per heavy atom. The Hall–Kier alpha value is -1.65. The van der Waals surface area contributed by atoms with Crippen molar-refractivity contribution in [3.63, 3.8) is 0 Å². The zero-order valence-corrected chi connectivity index (χ0v) is 13.4. The van der Waals surface area contributed by atoms with Gasteiger partial charge in [0, 0.05) is 11.8 Å². The lowest BCUT2D eigenvalue weighted by Crippen LogP contribution is -2.22. The van der Waals surface area contributed by atoms with Gasteiger partial charge in [0.1, 0.15) is 5.75 Å². The molecule has 2 aromatic carbocycles. The van der Waals surface area contributed by atoms with E-state index in [0.717, 1.165) is 10.5 Å². The zero-order valence-electron chi connectivity index (χ0n) is 12.6. The number of hydrogen-bond acceptors (Lipinski definition) is 3. The summed E-state index contributed by atoms with van der Waals surface area (Å²) in [6.45, 7) is 2.06. The van der Waals surface area contributed by atoms with Gasteiger partial charge in [0.15, 0.2) is 0 Å². The maximum atomic E-state index is 12.6. The molecule has 0 radical (unpaired) electrons. The van der Waals surface area contributed by atoms with Crippen LogP contribution < -0.4 is 10.1 Å². The Bertz CT molecular complexity index is 610. The second kappa shape index (κ2) is 7.38. The predicted molar refractivity (Wildman–Crippen MR) is 87.2 cm³/mol. The quantitative estimate of drug-likeness (QED) is 0.891. The fourth-order valence-corrected chi connectivity index (χ4v) is 3.64. The van der Waals surface area contributed by atoms with Crippen LogP contribution in [-0.4, -0.2) is 24.1 Å². The second-order valence-electron chi connectivity index (χ2n) is 4.91. The average molecular weight is 303 g/mol. The second-order valence-corrected chi connectivity index (χ2v) is 6.38. The Balaban J connectivity index is 2.18. The van der Waals surface area contributed by atoms with Crippen LogP contribution in [0.4, 0.5) is 0 Å². The summed E-state index contributed by atoms with van der Waals surface area (Å²) in [6, 6.07) is 15.8. The van der Waals surface area contributed by atoms with Crippen molar-refractivity contribution in [1.29, 1.82) is 0 Å². The van der Waals surface area contributed by atoms with Gasteiger partial charge in [0.2, 0.25) is 0 Å². The van der Waals surface area contributed by atoms with E-state index in [1.807, 2.05) is 31.3 Å². The van der Waals surface area contributed by atoms with E-state index < -0.39 is 10.8 Å². The predicted octanol–water partition coefficient (Wildman–Crippen LogP) is 3.07. The van der Waals surface area contributed by atoms with Crippen LogP contribution in [0.5, 0.6) is 5.75 Å². The number of aryl methyl sites for hydroxylation is 1. The molecule has 21 heavy (non-hydrogen) atoms. The molecule has 0 bridgehead atoms. The lowest BCUT2D eigenvalue weighted by atomic mass is 10.1. The van der Waals surface area contributed by atoms with Crippen molar-refractivity contribution >= 4 is 10.8 Å². The minimum Gasteiger partial charge on any atom is -0.495 e. The summed E-state index contributed by atoms with van der Waals surface area (Å²) in [5.41, 5.74) is 2.37. The highest BCUT2D eigenvalue weighted by atomic mass is 32.2. The van der Waals surface area contributed by atoms with E-state index in [0.29, 0.717) is 11.5 Å². The van der Waals surface area contributed by atoms with Crippen molar-refractivity contribution in [1.82, 2.24) is 5.32 Å². The molecule has 0 saturated heterocycles. The Kier molecular flexibility index (Phi) is 5.53. The van der Waals surface area contributed by atoms with Gasteiger partial charge in [-0.1, -0.05) is 42.0 Å². The molecule has 2 unspecified atom stereocenters. The topological polar surface area (TPSA) is 38.3 Å². The molecule has 0 aromatic heterocycles. The molecule has 2 aromatic rings. The van der Waals surface area contributed by atoms with Crippen LogP contribution in [0.15, 0.2) is 53.4 Å². The van der Waals surface area contributed by atoms with E-state index in [1.54, 1.807) is 7.11 Å². The summed E-state index contributed by atoms with van der Waals surface area (Å²) in [7, 11) is 2.38. The van der Waals surface area contributed by atoms with E-state index in [9.17, 15) is 4.21 Å². The Morgan fingerprint density at radius 2 is 1.81 bits per heavy atom. The highest BCUT2D eigenvalue weighted by Crippen LogP contribution is 2.24. The first kappa shape index (κ1) is 15.7. The minimum absolute atomic E-state index is 0.0522. The van der Waals surface area contributed by atoms with E-state index >= 15 is 0 Å². The molecular formula is C17H21NO2S. The lowest BCUT2D eigenvalue weighted by Gasteiger charge is -2.17. The van der Waals surface area contributed by atoms with Gasteiger partial charge in [-0.2, -0.15) is 0 Å². The first-order valence-corrected chi connectivity index (χ1v) is 8.23. The standard InChI is InChI=1S/C17H21NO2S/c1-13-8-10-14(11-9-13)15(18-2)12-21(19)17-7-5-4-6-16(17)20-3/h4-11,15,18H,12H2,1-3H3. The monoisotopic (exact) mass is 303 g/mol. The van der Waals surface area contributed by atoms with E-state index in [2.05, 4.69) is 36.5 Å². The van der Waals surface area contributed by atoms with Gasteiger partial charge in [0.25, 0.3) is 0 Å². The summed E-state index contributed by atoms with van der Waals surface area (Å²) in [5, 5.41) is 3.24. The van der Waals surface area contributed by atoms with Crippen LogP contribution >= 0.6 is 0 Å². The number of rotatable bonds is 6. The van der Waals surface area contributed by atoms with E-state index in [1.165, 1.54) is 5.56 Å². The Morgan fingerprint density at radius 1 is 1.14 bits per heavy atom. The molecule has 112 valence electrons. The third-order valence-electron chi connectivity index (χ3n) is 3.46. The van der Waals surface area contributed by atoms with E-state index in [-0.39, 0.29) is 6.04 Å². The molecule has 0 aliphatic rings. The fraction of sp³-hybridized carbons (Fsp3) is 0.294. The Labute approximate surface area is 128 Å². The lowest BCUT2D eigenvalue weighted by molar-refractivity contribution is 0.404. The molecule has 0 saturated carbocycles. The molecule has 0 amide bonds. The van der Waals surface area contributed by atoms with Crippen molar-refractivity contribution in [3.8, 4) is 5.75 Å². The van der Waals surface area contributed by atoms with Gasteiger partial charge in [-0.15, -0.1) is 0 Å². The number of ether oxygens (including phenoxy) is 1. The van der Waals surface area contributed by atoms with Gasteiger partial charge in [-0.3, -0.25) is 4.21 Å². The molecule has 0 aliphatic carbocycles. The zero-order chi connectivity index (χ0) is 15.2. The summed E-state index contributed by atoms with van der Waals surface area (Å²) in [6.07, 6.45) is 0. The molecule has 2 rings (SSSR count). The van der Waals surface area contributed by atoms with Crippen LogP contribution in [0.1, 0.15) is 17.2 Å². The number of benzene rings is 2. The highest BCUT2D eigenvalue weighted by molar-refractivity contribution is 7.85. The van der Waals surface area contributed by atoms with Gasteiger partial charge < -0.3 is 10.1 Å². The molecule has 0 spiro atoms. The number of para-hydroxylation sites is 1. The van der Waals surface area contributed by atoms with E-state index in [4.69, 9.17) is 4.74 Å². The van der Waals surface area contributed by atoms with Crippen molar-refractivity contribution < 1.29 is 8.95 Å². The van der Waals surface area contributed by atoms with Crippen molar-refractivity contribution in [2.45, 2.75) is 17.9 Å². The van der Waals surface area contributed by atoms with Gasteiger partial charge in [-0.25, -0.2) is 0 Å². The molecule has 2 atom stereocenters. The maximum Gasteiger partial charge on any atom is 0.134 e. The number of nitrogens with one attached hydrogen (secondary N) is 1. The molecular weight excluding hydrogens is 282 g/mol. The van der Waals surface area contributed by atoms with Crippen LogP contribution in [0.3, 0.4) is 0 Å². The number of methoxy groups -OCH3 is 1. The van der Waals surface area contributed by atoms with Gasteiger partial charge in [0.05, 0.1) is 22.8 Å². The van der Waals surface area contributed by atoms with Crippen LogP contribution in [0, 0.1) is 6.92 Å². The first-order valence-electron chi connectivity index (χ1n) is 6.91.